The van der Waals surface area contributed by atoms with Gasteiger partial charge >= 0.3 is 0 Å². The second-order valence-corrected chi connectivity index (χ2v) is 4.94. The second kappa shape index (κ2) is 2.79. The average molecular weight is 217 g/mol. The number of hydrogen-bond donors (Lipinski definition) is 0. The molecule has 0 fully saturated rings. The summed E-state index contributed by atoms with van der Waals surface area (Å²) >= 11 is 1.72. The van der Waals surface area contributed by atoms with Crippen molar-refractivity contribution in [2.75, 3.05) is 0 Å². The van der Waals surface area contributed by atoms with Gasteiger partial charge in [-0.15, -0.1) is 11.3 Å². The Bertz CT molecular complexity index is 663. The van der Waals surface area contributed by atoms with E-state index in [1.807, 2.05) is 20.9 Å². The fourth-order valence-corrected chi connectivity index (χ4v) is 2.77. The molecule has 0 saturated heterocycles. The molecule has 0 aliphatic carbocycles. The largest absolute Gasteiger partial charge is 0.331 e. The predicted octanol–water partition coefficient (Wildman–Crippen LogP) is 2.80. The number of aromatic nitrogens is 3. The number of hydrogen-bond acceptors (Lipinski definition) is 3. The minimum Gasteiger partial charge on any atom is -0.331 e. The molecule has 0 amide bonds. The third-order valence-electron chi connectivity index (χ3n) is 2.74. The van der Waals surface area contributed by atoms with Crippen LogP contribution in [-0.2, 0) is 7.05 Å². The molecule has 0 radical (unpaired) electrons. The molecular weight excluding hydrogens is 206 g/mol. The Kier molecular flexibility index (Phi) is 1.65. The van der Waals surface area contributed by atoms with E-state index < -0.39 is 0 Å². The molecule has 0 saturated carbocycles. The van der Waals surface area contributed by atoms with Crippen molar-refractivity contribution >= 4 is 32.6 Å². The van der Waals surface area contributed by atoms with Crippen LogP contribution in [0.3, 0.4) is 0 Å². The van der Waals surface area contributed by atoms with E-state index >= 15 is 0 Å². The zero-order valence-electron chi connectivity index (χ0n) is 8.90. The van der Waals surface area contributed by atoms with E-state index in [2.05, 4.69) is 26.7 Å². The van der Waals surface area contributed by atoms with E-state index in [1.165, 1.54) is 10.2 Å². The van der Waals surface area contributed by atoms with Gasteiger partial charge in [0.1, 0.15) is 11.3 Å². The lowest BCUT2D eigenvalue weighted by atomic mass is 10.3. The van der Waals surface area contributed by atoms with Gasteiger partial charge in [-0.2, -0.15) is 0 Å². The molecule has 0 atom stereocenters. The molecular formula is C11H11N3S. The SMILES string of the molecule is Cc1nc2ccc3c(nc(C)n3C)c2s1. The number of fused-ring (bicyclic) bond motifs is 3. The number of aryl methyl sites for hydroxylation is 3. The van der Waals surface area contributed by atoms with Gasteiger partial charge < -0.3 is 4.57 Å². The average Bonchev–Trinajstić information content (AvgIpc) is 2.69. The number of nitrogens with zero attached hydrogens (tertiary/aromatic N) is 3. The van der Waals surface area contributed by atoms with Crippen LogP contribution in [0.2, 0.25) is 0 Å². The zero-order valence-corrected chi connectivity index (χ0v) is 9.72. The lowest BCUT2D eigenvalue weighted by molar-refractivity contribution is 0.886. The molecule has 76 valence electrons. The highest BCUT2D eigenvalue weighted by atomic mass is 32.1. The normalized spacial score (nSPS) is 11.7. The fraction of sp³-hybridized carbons (Fsp3) is 0.273. The monoisotopic (exact) mass is 217 g/mol. The van der Waals surface area contributed by atoms with Gasteiger partial charge in [-0.05, 0) is 26.0 Å². The first-order chi connectivity index (χ1) is 7.16. The molecule has 0 aliphatic rings. The highest BCUT2D eigenvalue weighted by Crippen LogP contribution is 2.29. The summed E-state index contributed by atoms with van der Waals surface area (Å²) < 4.78 is 3.32. The van der Waals surface area contributed by atoms with E-state index in [4.69, 9.17) is 0 Å². The molecule has 2 heterocycles. The number of imidazole rings is 1. The van der Waals surface area contributed by atoms with Crippen LogP contribution in [0.1, 0.15) is 10.8 Å². The minimum absolute atomic E-state index is 1.04. The van der Waals surface area contributed by atoms with E-state index in [9.17, 15) is 0 Å². The quantitative estimate of drug-likeness (QED) is 0.579. The van der Waals surface area contributed by atoms with Gasteiger partial charge in [-0.3, -0.25) is 0 Å². The first-order valence-corrected chi connectivity index (χ1v) is 5.67. The predicted molar refractivity (Wildman–Crippen MR) is 63.4 cm³/mol. The lowest BCUT2D eigenvalue weighted by Crippen LogP contribution is -1.89. The molecule has 0 spiro atoms. The summed E-state index contributed by atoms with van der Waals surface area (Å²) in [5.41, 5.74) is 3.32. The number of benzene rings is 1. The summed E-state index contributed by atoms with van der Waals surface area (Å²) in [4.78, 5) is 9.06. The molecule has 2 aromatic heterocycles. The molecule has 3 aromatic rings. The van der Waals surface area contributed by atoms with Gasteiger partial charge in [0, 0.05) is 7.05 Å². The van der Waals surface area contributed by atoms with E-state index in [1.54, 1.807) is 11.3 Å². The van der Waals surface area contributed by atoms with Crippen molar-refractivity contribution in [2.45, 2.75) is 13.8 Å². The summed E-state index contributed by atoms with van der Waals surface area (Å²) in [6.45, 7) is 4.06. The van der Waals surface area contributed by atoms with Crippen molar-refractivity contribution in [3.05, 3.63) is 23.0 Å². The molecule has 1 aromatic carbocycles. The first-order valence-electron chi connectivity index (χ1n) is 4.86. The Hall–Kier alpha value is -1.42. The van der Waals surface area contributed by atoms with Crippen LogP contribution in [0.15, 0.2) is 12.1 Å². The smallest absolute Gasteiger partial charge is 0.108 e. The van der Waals surface area contributed by atoms with Crippen LogP contribution >= 0.6 is 11.3 Å². The van der Waals surface area contributed by atoms with Crippen molar-refractivity contribution in [3.8, 4) is 0 Å². The molecule has 15 heavy (non-hydrogen) atoms. The fourth-order valence-electron chi connectivity index (χ4n) is 1.87. The Morgan fingerprint density at radius 2 is 2.00 bits per heavy atom. The van der Waals surface area contributed by atoms with Crippen LogP contribution < -0.4 is 0 Å². The Morgan fingerprint density at radius 3 is 2.80 bits per heavy atom. The molecule has 4 heteroatoms. The molecule has 3 rings (SSSR count). The Balaban J connectivity index is 2.59. The lowest BCUT2D eigenvalue weighted by Gasteiger charge is -1.95. The maximum Gasteiger partial charge on any atom is 0.108 e. The maximum atomic E-state index is 4.59. The van der Waals surface area contributed by atoms with Gasteiger partial charge in [0.2, 0.25) is 0 Å². The zero-order chi connectivity index (χ0) is 10.6. The number of rotatable bonds is 0. The number of thiazole rings is 1. The van der Waals surface area contributed by atoms with E-state index in [0.29, 0.717) is 0 Å². The minimum atomic E-state index is 1.04. The molecule has 0 aliphatic heterocycles. The highest BCUT2D eigenvalue weighted by molar-refractivity contribution is 7.19. The van der Waals surface area contributed by atoms with Crippen LogP contribution in [0.5, 0.6) is 0 Å². The van der Waals surface area contributed by atoms with Gasteiger partial charge in [0.05, 0.1) is 20.7 Å². The van der Waals surface area contributed by atoms with Crippen molar-refractivity contribution in [2.24, 2.45) is 7.05 Å². The first kappa shape index (κ1) is 8.85. The van der Waals surface area contributed by atoms with Crippen LogP contribution in [0.4, 0.5) is 0 Å². The maximum absolute atomic E-state index is 4.59. The van der Waals surface area contributed by atoms with Crippen molar-refractivity contribution in [1.82, 2.24) is 14.5 Å². The summed E-state index contributed by atoms with van der Waals surface area (Å²) in [7, 11) is 2.05. The van der Waals surface area contributed by atoms with Gasteiger partial charge in [-0.25, -0.2) is 9.97 Å². The third kappa shape index (κ3) is 1.11. The molecule has 0 bridgehead atoms. The van der Waals surface area contributed by atoms with Crippen molar-refractivity contribution < 1.29 is 0 Å². The van der Waals surface area contributed by atoms with E-state index in [-0.39, 0.29) is 0 Å². The third-order valence-corrected chi connectivity index (χ3v) is 3.73. The molecule has 0 unspecified atom stereocenters. The van der Waals surface area contributed by atoms with Crippen molar-refractivity contribution in [1.29, 1.82) is 0 Å². The summed E-state index contributed by atoms with van der Waals surface area (Å²) in [5.74, 6) is 1.04. The van der Waals surface area contributed by atoms with Gasteiger partial charge in [0.25, 0.3) is 0 Å². The topological polar surface area (TPSA) is 30.7 Å². The molecule has 3 nitrogen and oxygen atoms in total. The Labute approximate surface area is 91.4 Å². The summed E-state index contributed by atoms with van der Waals surface area (Å²) in [5, 5.41) is 1.10. The summed E-state index contributed by atoms with van der Waals surface area (Å²) in [6.07, 6.45) is 0. The highest BCUT2D eigenvalue weighted by Gasteiger charge is 2.10. The van der Waals surface area contributed by atoms with Gasteiger partial charge in [0.15, 0.2) is 0 Å². The van der Waals surface area contributed by atoms with E-state index in [0.717, 1.165) is 21.9 Å². The Morgan fingerprint density at radius 1 is 1.20 bits per heavy atom. The van der Waals surface area contributed by atoms with Crippen molar-refractivity contribution in [3.63, 3.8) is 0 Å². The van der Waals surface area contributed by atoms with Gasteiger partial charge in [-0.1, -0.05) is 0 Å². The standard InChI is InChI=1S/C11H11N3S/c1-6-12-10-9(14(6)3)5-4-8-11(10)15-7(2)13-8/h4-5H,1-3H3. The summed E-state index contributed by atoms with van der Waals surface area (Å²) in [6, 6.07) is 4.17. The van der Waals surface area contributed by atoms with Crippen LogP contribution in [0, 0.1) is 13.8 Å². The second-order valence-electron chi connectivity index (χ2n) is 3.73. The van der Waals surface area contributed by atoms with Crippen LogP contribution in [0.25, 0.3) is 21.3 Å². The van der Waals surface area contributed by atoms with Crippen LogP contribution in [-0.4, -0.2) is 14.5 Å². The molecule has 0 N–H and O–H groups in total.